The first-order valence-electron chi connectivity index (χ1n) is 11.5. The Labute approximate surface area is 198 Å². The van der Waals surface area contributed by atoms with Crippen LogP contribution in [0.1, 0.15) is 45.7 Å². The highest BCUT2D eigenvalue weighted by Crippen LogP contribution is 2.27. The number of carbonyl (C=O) groups is 1. The minimum Gasteiger partial charge on any atom is -0.497 e. The topological polar surface area (TPSA) is 70.8 Å². The highest BCUT2D eigenvalue weighted by molar-refractivity contribution is 7.07. The zero-order chi connectivity index (χ0) is 22.8. The highest BCUT2D eigenvalue weighted by atomic mass is 32.1. The van der Waals surface area contributed by atoms with Crippen LogP contribution in [0, 0.1) is 0 Å². The third-order valence-corrected chi connectivity index (χ3v) is 7.28. The Kier molecular flexibility index (Phi) is 6.48. The molecule has 0 radical (unpaired) electrons. The van der Waals surface area contributed by atoms with Gasteiger partial charge in [0.05, 0.1) is 19.8 Å². The average molecular weight is 467 g/mol. The van der Waals surface area contributed by atoms with Crippen molar-refractivity contribution in [3.63, 3.8) is 0 Å². The van der Waals surface area contributed by atoms with E-state index < -0.39 is 6.10 Å². The van der Waals surface area contributed by atoms with Gasteiger partial charge in [-0.3, -0.25) is 14.4 Å². The lowest BCUT2D eigenvalue weighted by atomic mass is 10.0. The Hall–Kier alpha value is -2.68. The summed E-state index contributed by atoms with van der Waals surface area (Å²) in [5.41, 5.74) is 5.11. The largest absolute Gasteiger partial charge is 0.497 e. The molecule has 0 unspecified atom stereocenters. The Morgan fingerprint density at radius 2 is 2.15 bits per heavy atom. The van der Waals surface area contributed by atoms with Gasteiger partial charge in [-0.25, -0.2) is 0 Å². The van der Waals surface area contributed by atoms with Crippen molar-refractivity contribution in [2.45, 2.75) is 45.0 Å². The van der Waals surface area contributed by atoms with Crippen LogP contribution in [0.3, 0.4) is 0 Å². The zero-order valence-electron chi connectivity index (χ0n) is 18.9. The fourth-order valence-electron chi connectivity index (χ4n) is 4.86. The number of β-amino-alcohol motifs (C(OH)–C–C–N with tert-alkyl or cyclic N) is 1. The number of nitrogens with zero attached hydrogens (tertiary/aromatic N) is 4. The Bertz CT molecular complexity index is 1110. The van der Waals surface area contributed by atoms with E-state index in [2.05, 4.69) is 27.8 Å². The van der Waals surface area contributed by atoms with Gasteiger partial charge in [0, 0.05) is 50.4 Å². The number of aliphatic hydroxyl groups excluding tert-OH is 1. The summed E-state index contributed by atoms with van der Waals surface area (Å²) < 4.78 is 7.38. The number of amides is 1. The first-order chi connectivity index (χ1) is 16.1. The van der Waals surface area contributed by atoms with E-state index in [1.807, 2.05) is 22.9 Å². The normalized spacial score (nSPS) is 18.8. The summed E-state index contributed by atoms with van der Waals surface area (Å²) in [6, 6.07) is 10.1. The Morgan fingerprint density at radius 1 is 1.24 bits per heavy atom. The molecular weight excluding hydrogens is 436 g/mol. The molecule has 1 N–H and O–H groups in total. The number of piperidine rings is 1. The molecule has 3 aromatic rings. The van der Waals surface area contributed by atoms with Crippen LogP contribution >= 0.6 is 11.3 Å². The van der Waals surface area contributed by atoms with Crippen LogP contribution in [0.4, 0.5) is 0 Å². The SMILES string of the molecule is COc1cccc(Cn2nc(C(=O)N3CCC[C@@H](O)C3)c3c2CCN(Cc2ccsc2)C3)c1. The number of aliphatic hydroxyl groups is 1. The first-order valence-corrected chi connectivity index (χ1v) is 12.5. The van der Waals surface area contributed by atoms with Gasteiger partial charge < -0.3 is 14.7 Å². The second-order valence-corrected chi connectivity index (χ2v) is 9.70. The number of likely N-dealkylation sites (tertiary alicyclic amines) is 1. The molecular formula is C25H30N4O3S. The molecule has 1 saturated heterocycles. The zero-order valence-corrected chi connectivity index (χ0v) is 19.8. The minimum absolute atomic E-state index is 0.0632. The summed E-state index contributed by atoms with van der Waals surface area (Å²) in [6.07, 6.45) is 1.98. The van der Waals surface area contributed by atoms with Crippen molar-refractivity contribution >= 4 is 17.2 Å². The maximum atomic E-state index is 13.5. The van der Waals surface area contributed by atoms with Gasteiger partial charge in [0.1, 0.15) is 5.75 Å². The van der Waals surface area contributed by atoms with Crippen LogP contribution in [0.25, 0.3) is 0 Å². The molecule has 0 aliphatic carbocycles. The van der Waals surface area contributed by atoms with Gasteiger partial charge in [0.25, 0.3) is 5.91 Å². The number of thiophene rings is 1. The predicted molar refractivity (Wildman–Crippen MR) is 128 cm³/mol. The van der Waals surface area contributed by atoms with E-state index >= 15 is 0 Å². The molecule has 8 heteroatoms. The number of hydrogen-bond donors (Lipinski definition) is 1. The van der Waals surface area contributed by atoms with E-state index in [0.717, 1.165) is 54.9 Å². The molecule has 5 rings (SSSR count). The number of fused-ring (bicyclic) bond motifs is 1. The molecule has 7 nitrogen and oxygen atoms in total. The van der Waals surface area contributed by atoms with Gasteiger partial charge in [-0.2, -0.15) is 16.4 Å². The van der Waals surface area contributed by atoms with E-state index in [4.69, 9.17) is 9.84 Å². The van der Waals surface area contributed by atoms with Crippen LogP contribution in [-0.4, -0.2) is 63.4 Å². The second-order valence-electron chi connectivity index (χ2n) is 8.92. The molecule has 0 bridgehead atoms. The lowest BCUT2D eigenvalue weighted by Crippen LogP contribution is -2.43. The lowest BCUT2D eigenvalue weighted by Gasteiger charge is -2.31. The number of methoxy groups -OCH3 is 1. The van der Waals surface area contributed by atoms with Crippen LogP contribution in [-0.2, 0) is 26.1 Å². The standard InChI is InChI=1S/C25H30N4O3S/c1-32-21-6-2-4-18(12-21)14-29-23-7-10-27(13-19-8-11-33-17-19)16-22(23)24(26-29)25(31)28-9-3-5-20(30)15-28/h2,4,6,8,11-12,17,20,30H,3,5,7,9-10,13-16H2,1H3/t20-/m1/s1. The molecule has 33 heavy (non-hydrogen) atoms. The predicted octanol–water partition coefficient (Wildman–Crippen LogP) is 3.16. The number of benzene rings is 1. The van der Waals surface area contributed by atoms with E-state index in [9.17, 15) is 9.90 Å². The van der Waals surface area contributed by atoms with E-state index in [1.54, 1.807) is 23.3 Å². The molecule has 2 aliphatic heterocycles. The van der Waals surface area contributed by atoms with Gasteiger partial charge in [-0.15, -0.1) is 0 Å². The molecule has 2 aliphatic rings. The average Bonchev–Trinajstić information content (AvgIpc) is 3.47. The molecule has 1 atom stereocenters. The number of ether oxygens (including phenoxy) is 1. The molecule has 1 fully saturated rings. The quantitative estimate of drug-likeness (QED) is 0.604. The number of hydrogen-bond acceptors (Lipinski definition) is 6. The van der Waals surface area contributed by atoms with E-state index in [1.165, 1.54) is 5.56 Å². The van der Waals surface area contributed by atoms with Crippen molar-refractivity contribution in [1.29, 1.82) is 0 Å². The maximum Gasteiger partial charge on any atom is 0.274 e. The Balaban J connectivity index is 1.45. The molecule has 1 aromatic carbocycles. The number of rotatable bonds is 6. The van der Waals surface area contributed by atoms with Gasteiger partial charge in [-0.05, 0) is 52.9 Å². The summed E-state index contributed by atoms with van der Waals surface area (Å²) in [7, 11) is 1.67. The van der Waals surface area contributed by atoms with Gasteiger partial charge in [0.15, 0.2) is 5.69 Å². The molecule has 4 heterocycles. The van der Waals surface area contributed by atoms with Crippen molar-refractivity contribution < 1.29 is 14.6 Å². The summed E-state index contributed by atoms with van der Waals surface area (Å²) in [6.45, 7) is 4.17. The van der Waals surface area contributed by atoms with Crippen molar-refractivity contribution in [2.24, 2.45) is 0 Å². The number of carbonyl (C=O) groups excluding carboxylic acids is 1. The Morgan fingerprint density at radius 3 is 2.94 bits per heavy atom. The summed E-state index contributed by atoms with van der Waals surface area (Å²) in [5, 5.41) is 19.3. The molecule has 1 amide bonds. The van der Waals surface area contributed by atoms with Crippen LogP contribution in [0.15, 0.2) is 41.1 Å². The fourth-order valence-corrected chi connectivity index (χ4v) is 5.52. The van der Waals surface area contributed by atoms with E-state index in [0.29, 0.717) is 31.9 Å². The van der Waals surface area contributed by atoms with Gasteiger partial charge in [-0.1, -0.05) is 12.1 Å². The smallest absolute Gasteiger partial charge is 0.274 e. The molecule has 174 valence electrons. The molecule has 2 aromatic heterocycles. The summed E-state index contributed by atoms with van der Waals surface area (Å²) in [5.74, 6) is 0.751. The lowest BCUT2D eigenvalue weighted by molar-refractivity contribution is 0.0466. The number of aromatic nitrogens is 2. The van der Waals surface area contributed by atoms with Crippen LogP contribution in [0.5, 0.6) is 5.75 Å². The maximum absolute atomic E-state index is 13.5. The fraction of sp³-hybridized carbons (Fsp3) is 0.440. The van der Waals surface area contributed by atoms with Crippen LogP contribution < -0.4 is 4.74 Å². The van der Waals surface area contributed by atoms with Crippen molar-refractivity contribution in [3.8, 4) is 5.75 Å². The summed E-state index contributed by atoms with van der Waals surface area (Å²) in [4.78, 5) is 17.7. The van der Waals surface area contributed by atoms with Crippen molar-refractivity contribution in [3.05, 3.63) is 69.2 Å². The molecule has 0 saturated carbocycles. The highest BCUT2D eigenvalue weighted by Gasteiger charge is 2.32. The van der Waals surface area contributed by atoms with Gasteiger partial charge >= 0.3 is 0 Å². The van der Waals surface area contributed by atoms with Crippen molar-refractivity contribution in [1.82, 2.24) is 19.6 Å². The van der Waals surface area contributed by atoms with Gasteiger partial charge in [0.2, 0.25) is 0 Å². The van der Waals surface area contributed by atoms with E-state index in [-0.39, 0.29) is 5.91 Å². The summed E-state index contributed by atoms with van der Waals surface area (Å²) >= 11 is 1.71. The van der Waals surface area contributed by atoms with Crippen LogP contribution in [0.2, 0.25) is 0 Å². The minimum atomic E-state index is -0.451. The third kappa shape index (κ3) is 4.83. The molecule has 0 spiro atoms. The first kappa shape index (κ1) is 22.1. The third-order valence-electron chi connectivity index (χ3n) is 6.55. The second kappa shape index (κ2) is 9.67. The monoisotopic (exact) mass is 466 g/mol. The van der Waals surface area contributed by atoms with Crippen molar-refractivity contribution in [2.75, 3.05) is 26.7 Å².